The average molecular weight is 428 g/mol. The molecule has 0 radical (unpaired) electrons. The maximum atomic E-state index is 6.07. The number of hydrogen-bond donors (Lipinski definition) is 1. The number of rotatable bonds is 6. The second kappa shape index (κ2) is 8.49. The van der Waals surface area contributed by atoms with E-state index in [1.54, 1.807) is 18.6 Å². The van der Waals surface area contributed by atoms with E-state index in [0.717, 1.165) is 39.2 Å². The van der Waals surface area contributed by atoms with Crippen molar-refractivity contribution >= 4 is 28.2 Å². The minimum absolute atomic E-state index is 0.669. The number of nitrogens with one attached hydrogen (secondary N) is 1. The summed E-state index contributed by atoms with van der Waals surface area (Å²) in [5.41, 5.74) is 5.25. The Morgan fingerprint density at radius 3 is 2.65 bits per heavy atom. The molecule has 5 rings (SSSR count). The fourth-order valence-electron chi connectivity index (χ4n) is 3.36. The first-order valence-corrected chi connectivity index (χ1v) is 10.2. The summed E-state index contributed by atoms with van der Waals surface area (Å²) in [6.45, 7) is 1.36. The summed E-state index contributed by atoms with van der Waals surface area (Å²) < 4.78 is 1.82. The maximum absolute atomic E-state index is 6.07. The average Bonchev–Trinajstić information content (AvgIpc) is 3.29. The van der Waals surface area contributed by atoms with Crippen LogP contribution in [0.1, 0.15) is 0 Å². The number of anilines is 1. The van der Waals surface area contributed by atoms with Gasteiger partial charge in [-0.25, -0.2) is 0 Å². The van der Waals surface area contributed by atoms with Crippen LogP contribution in [-0.4, -0.2) is 36.5 Å². The van der Waals surface area contributed by atoms with Gasteiger partial charge >= 0.3 is 0 Å². The van der Waals surface area contributed by atoms with Crippen molar-refractivity contribution in [3.05, 3.63) is 84.4 Å². The fraction of sp³-hybridized carbons (Fsp3) is 0.0870. The molecule has 0 unspecified atom stereocenters. The van der Waals surface area contributed by atoms with Gasteiger partial charge in [-0.1, -0.05) is 22.9 Å². The van der Waals surface area contributed by atoms with Gasteiger partial charge in [0.2, 0.25) is 0 Å². The topological polar surface area (TPSA) is 81.4 Å². The maximum Gasteiger partial charge on any atom is 0.113 e. The number of benzene rings is 1. The molecule has 31 heavy (non-hydrogen) atoms. The lowest BCUT2D eigenvalue weighted by Gasteiger charge is -2.09. The van der Waals surface area contributed by atoms with E-state index in [-0.39, 0.29) is 0 Å². The van der Waals surface area contributed by atoms with E-state index in [0.29, 0.717) is 18.1 Å². The van der Waals surface area contributed by atoms with Crippen LogP contribution in [0, 0.1) is 0 Å². The zero-order valence-corrected chi connectivity index (χ0v) is 17.2. The highest BCUT2D eigenvalue weighted by atomic mass is 35.5. The van der Waals surface area contributed by atoms with Crippen molar-refractivity contribution in [2.24, 2.45) is 0 Å². The zero-order valence-electron chi connectivity index (χ0n) is 16.5. The molecule has 1 N–H and O–H groups in total. The molecule has 1 aromatic carbocycles. The molecule has 7 nitrogen and oxygen atoms in total. The van der Waals surface area contributed by atoms with Crippen LogP contribution in [0.15, 0.2) is 79.4 Å². The standard InChI is InChI=1S/C23H18ClN7/c24-17-4-5-18-19(7-10-26-21(18)14-17)28-11-12-31-15-23(29-30-31)16-6-9-27-22(13-16)20-3-1-2-8-25-20/h1-10,13-15H,11-12H2,(H,26,28). The Balaban J connectivity index is 1.28. The van der Waals surface area contributed by atoms with E-state index in [1.807, 2.05) is 65.5 Å². The third-order valence-electron chi connectivity index (χ3n) is 4.88. The molecule has 5 aromatic rings. The normalized spacial score (nSPS) is 11.0. The van der Waals surface area contributed by atoms with Crippen LogP contribution in [0.25, 0.3) is 33.5 Å². The lowest BCUT2D eigenvalue weighted by atomic mass is 10.1. The van der Waals surface area contributed by atoms with Crippen molar-refractivity contribution in [3.63, 3.8) is 0 Å². The third kappa shape index (κ3) is 4.22. The Labute approximate surface area is 183 Å². The quantitative estimate of drug-likeness (QED) is 0.422. The molecule has 0 amide bonds. The number of pyridine rings is 3. The summed E-state index contributed by atoms with van der Waals surface area (Å²) >= 11 is 6.07. The minimum Gasteiger partial charge on any atom is -0.383 e. The molecule has 0 fully saturated rings. The van der Waals surface area contributed by atoms with Crippen molar-refractivity contribution < 1.29 is 0 Å². The van der Waals surface area contributed by atoms with E-state index in [9.17, 15) is 0 Å². The smallest absolute Gasteiger partial charge is 0.113 e. The predicted octanol–water partition coefficient (Wildman–Crippen LogP) is 4.72. The van der Waals surface area contributed by atoms with Gasteiger partial charge in [-0.2, -0.15) is 0 Å². The van der Waals surface area contributed by atoms with Gasteiger partial charge in [-0.3, -0.25) is 19.6 Å². The Bertz CT molecular complexity index is 1330. The largest absolute Gasteiger partial charge is 0.383 e. The van der Waals surface area contributed by atoms with Crippen molar-refractivity contribution in [1.82, 2.24) is 29.9 Å². The molecular formula is C23H18ClN7. The van der Waals surface area contributed by atoms with Crippen LogP contribution in [0.5, 0.6) is 0 Å². The van der Waals surface area contributed by atoms with Crippen molar-refractivity contribution in [2.75, 3.05) is 11.9 Å². The highest BCUT2D eigenvalue weighted by Gasteiger charge is 2.08. The van der Waals surface area contributed by atoms with Crippen molar-refractivity contribution in [2.45, 2.75) is 6.54 Å². The highest BCUT2D eigenvalue weighted by Crippen LogP contribution is 2.24. The van der Waals surface area contributed by atoms with Crippen molar-refractivity contribution in [3.8, 4) is 22.6 Å². The second-order valence-corrected chi connectivity index (χ2v) is 7.39. The van der Waals surface area contributed by atoms with Gasteiger partial charge < -0.3 is 5.32 Å². The first-order valence-electron chi connectivity index (χ1n) is 9.82. The molecule has 0 saturated heterocycles. The summed E-state index contributed by atoms with van der Waals surface area (Å²) in [5, 5.41) is 13.7. The Hall–Kier alpha value is -3.84. The number of halogens is 1. The summed E-state index contributed by atoms with van der Waals surface area (Å²) in [7, 11) is 0. The number of fused-ring (bicyclic) bond motifs is 1. The van der Waals surface area contributed by atoms with E-state index in [1.165, 1.54) is 0 Å². The SMILES string of the molecule is Clc1ccc2c(NCCn3cc(-c4ccnc(-c5ccccn5)c4)nn3)ccnc2c1. The van der Waals surface area contributed by atoms with Crippen LogP contribution >= 0.6 is 11.6 Å². The molecule has 0 saturated carbocycles. The predicted molar refractivity (Wildman–Crippen MR) is 122 cm³/mol. The van der Waals surface area contributed by atoms with E-state index < -0.39 is 0 Å². The first kappa shape index (κ1) is 19.1. The Morgan fingerprint density at radius 1 is 0.839 bits per heavy atom. The van der Waals surface area contributed by atoms with Crippen LogP contribution in [0.2, 0.25) is 5.02 Å². The van der Waals surface area contributed by atoms with Crippen molar-refractivity contribution in [1.29, 1.82) is 0 Å². The van der Waals surface area contributed by atoms with Crippen LogP contribution in [0.3, 0.4) is 0 Å². The lowest BCUT2D eigenvalue weighted by molar-refractivity contribution is 0.609. The van der Waals surface area contributed by atoms with Crippen LogP contribution in [0.4, 0.5) is 5.69 Å². The molecule has 4 aromatic heterocycles. The molecule has 0 aliphatic carbocycles. The molecule has 0 spiro atoms. The lowest BCUT2D eigenvalue weighted by Crippen LogP contribution is -2.11. The van der Waals surface area contributed by atoms with Gasteiger partial charge in [-0.05, 0) is 48.5 Å². The zero-order chi connectivity index (χ0) is 21.0. The number of hydrogen-bond acceptors (Lipinski definition) is 6. The molecule has 4 heterocycles. The van der Waals surface area contributed by atoms with E-state index in [2.05, 4.69) is 30.6 Å². The first-order chi connectivity index (χ1) is 15.3. The van der Waals surface area contributed by atoms with Gasteiger partial charge in [0.15, 0.2) is 0 Å². The molecule has 0 atom stereocenters. The van der Waals surface area contributed by atoms with Gasteiger partial charge in [0.1, 0.15) is 5.69 Å². The summed E-state index contributed by atoms with van der Waals surface area (Å²) in [6, 6.07) is 17.3. The highest BCUT2D eigenvalue weighted by molar-refractivity contribution is 6.31. The molecule has 8 heteroatoms. The Morgan fingerprint density at radius 2 is 1.74 bits per heavy atom. The third-order valence-corrected chi connectivity index (χ3v) is 5.12. The second-order valence-electron chi connectivity index (χ2n) is 6.96. The molecule has 0 bridgehead atoms. The van der Waals surface area contributed by atoms with Gasteiger partial charge in [0.05, 0.1) is 29.6 Å². The fourth-order valence-corrected chi connectivity index (χ4v) is 3.53. The van der Waals surface area contributed by atoms with Gasteiger partial charge in [0, 0.05) is 46.8 Å². The van der Waals surface area contributed by atoms with Gasteiger partial charge in [-0.15, -0.1) is 5.10 Å². The van der Waals surface area contributed by atoms with Crippen LogP contribution < -0.4 is 5.32 Å². The summed E-state index contributed by atoms with van der Waals surface area (Å²) in [5.74, 6) is 0. The minimum atomic E-state index is 0.669. The summed E-state index contributed by atoms with van der Waals surface area (Å²) in [4.78, 5) is 13.1. The van der Waals surface area contributed by atoms with Crippen LogP contribution in [-0.2, 0) is 6.54 Å². The summed E-state index contributed by atoms with van der Waals surface area (Å²) in [6.07, 6.45) is 7.23. The Kier molecular flexibility index (Phi) is 5.24. The van der Waals surface area contributed by atoms with E-state index >= 15 is 0 Å². The number of nitrogens with zero attached hydrogens (tertiary/aromatic N) is 6. The molecule has 0 aliphatic rings. The molecule has 152 valence electrons. The molecular weight excluding hydrogens is 410 g/mol. The van der Waals surface area contributed by atoms with Gasteiger partial charge in [0.25, 0.3) is 0 Å². The van der Waals surface area contributed by atoms with E-state index in [4.69, 9.17) is 11.6 Å². The number of aromatic nitrogens is 6. The monoisotopic (exact) mass is 427 g/mol. The molecule has 0 aliphatic heterocycles.